The third-order valence-electron chi connectivity index (χ3n) is 12.6. The van der Waals surface area contributed by atoms with Gasteiger partial charge >= 0.3 is 5.97 Å². The maximum atomic E-state index is 12.8. The van der Waals surface area contributed by atoms with Crippen LogP contribution in [-0.4, -0.2) is 23.8 Å². The Balaban J connectivity index is 1.14. The van der Waals surface area contributed by atoms with Crippen molar-refractivity contribution in [3.8, 4) is 0 Å². The molecule has 0 aromatic heterocycles. The van der Waals surface area contributed by atoms with Gasteiger partial charge in [-0.25, -0.2) is 4.79 Å². The van der Waals surface area contributed by atoms with Crippen LogP contribution in [0.1, 0.15) is 116 Å². The predicted molar refractivity (Wildman–Crippen MR) is 148 cm³/mol. The Bertz CT molecular complexity index is 988. The van der Waals surface area contributed by atoms with Gasteiger partial charge in [-0.3, -0.25) is 0 Å². The van der Waals surface area contributed by atoms with Gasteiger partial charge in [0.05, 0.1) is 5.56 Å². The second kappa shape index (κ2) is 9.39. The van der Waals surface area contributed by atoms with Crippen molar-refractivity contribution in [3.63, 3.8) is 0 Å². The quantitative estimate of drug-likeness (QED) is 0.275. The van der Waals surface area contributed by atoms with Crippen molar-refractivity contribution >= 4 is 5.97 Å². The first-order chi connectivity index (χ1) is 17.7. The Morgan fingerprint density at radius 2 is 1.73 bits per heavy atom. The van der Waals surface area contributed by atoms with Crippen molar-refractivity contribution in [2.75, 3.05) is 0 Å². The molecule has 4 aliphatic carbocycles. The van der Waals surface area contributed by atoms with Crippen LogP contribution in [0.15, 0.2) is 30.3 Å². The van der Waals surface area contributed by atoms with E-state index in [0.717, 1.165) is 54.8 Å². The van der Waals surface area contributed by atoms with E-state index in [0.29, 0.717) is 11.0 Å². The molecule has 0 unspecified atom stereocenters. The number of benzene rings is 1. The number of carbonyl (C=O) groups excluding carboxylic acids is 1. The van der Waals surface area contributed by atoms with Gasteiger partial charge < -0.3 is 9.47 Å². The fraction of sp³-hybridized carbons (Fsp3) is 0.794. The van der Waals surface area contributed by atoms with E-state index in [-0.39, 0.29) is 29.2 Å². The van der Waals surface area contributed by atoms with E-state index in [9.17, 15) is 4.79 Å². The highest BCUT2D eigenvalue weighted by molar-refractivity contribution is 5.89. The molecule has 1 aromatic carbocycles. The summed E-state index contributed by atoms with van der Waals surface area (Å²) in [6.45, 7) is 12.5. The largest absolute Gasteiger partial charge is 0.456 e. The van der Waals surface area contributed by atoms with E-state index in [4.69, 9.17) is 9.47 Å². The first-order valence-corrected chi connectivity index (χ1v) is 15.6. The van der Waals surface area contributed by atoms with Crippen molar-refractivity contribution in [3.05, 3.63) is 35.9 Å². The van der Waals surface area contributed by atoms with Crippen LogP contribution in [0.2, 0.25) is 0 Å². The van der Waals surface area contributed by atoms with Crippen molar-refractivity contribution in [2.45, 2.75) is 123 Å². The van der Waals surface area contributed by atoms with Crippen LogP contribution in [0.4, 0.5) is 0 Å². The normalized spacial score (nSPS) is 44.8. The molecular weight excluding hydrogens is 456 g/mol. The Morgan fingerprint density at radius 1 is 0.946 bits per heavy atom. The topological polar surface area (TPSA) is 38.8 Å². The second-order valence-electron chi connectivity index (χ2n) is 14.6. The molecule has 10 atom stereocenters. The summed E-state index contributed by atoms with van der Waals surface area (Å²) in [6.07, 6.45) is 14.4. The minimum Gasteiger partial charge on any atom is -0.456 e. The zero-order valence-corrected chi connectivity index (χ0v) is 24.0. The van der Waals surface area contributed by atoms with Gasteiger partial charge in [0.2, 0.25) is 0 Å². The summed E-state index contributed by atoms with van der Waals surface area (Å²) in [5.74, 6) is 4.93. The molecule has 4 saturated carbocycles. The van der Waals surface area contributed by atoms with Crippen LogP contribution in [-0.2, 0) is 9.47 Å². The van der Waals surface area contributed by atoms with Gasteiger partial charge in [-0.2, -0.15) is 0 Å². The van der Waals surface area contributed by atoms with Gasteiger partial charge in [-0.05, 0) is 104 Å². The summed E-state index contributed by atoms with van der Waals surface area (Å²) in [7, 11) is 0. The fourth-order valence-electron chi connectivity index (χ4n) is 10.6. The number of esters is 1. The molecule has 204 valence electrons. The molecule has 5 fully saturated rings. The standard InChI is InChI=1S/C34H50O3/c1-22(2)10-9-11-23(3)26-14-15-27-25-16-21-34-30(37-34)29(36-31(35)24-12-7-6-8-13-24)18-20-33(34,5)28(25)17-19-32(26,27)4/h6-8,12-13,22-23,25-30H,9-11,14-21H2,1-5H3/t23-,25+,26-,27+,28+,29+,30+,32-,33-,34+/m1/s1. The van der Waals surface area contributed by atoms with E-state index < -0.39 is 0 Å². The lowest BCUT2D eigenvalue weighted by molar-refractivity contribution is -0.121. The van der Waals surface area contributed by atoms with E-state index in [2.05, 4.69) is 34.6 Å². The molecule has 3 nitrogen and oxygen atoms in total. The van der Waals surface area contributed by atoms with E-state index in [1.165, 1.54) is 51.4 Å². The molecule has 0 amide bonds. The second-order valence-corrected chi connectivity index (χ2v) is 14.6. The Labute approximate surface area is 225 Å². The average molecular weight is 507 g/mol. The monoisotopic (exact) mass is 506 g/mol. The van der Waals surface area contributed by atoms with Crippen molar-refractivity contribution in [1.29, 1.82) is 0 Å². The van der Waals surface area contributed by atoms with Crippen LogP contribution in [0.5, 0.6) is 0 Å². The maximum absolute atomic E-state index is 12.8. The lowest BCUT2D eigenvalue weighted by Gasteiger charge is -2.60. The molecule has 1 spiro atoms. The fourth-order valence-corrected chi connectivity index (χ4v) is 10.6. The number of hydrogen-bond donors (Lipinski definition) is 0. The molecule has 5 aliphatic rings. The van der Waals surface area contributed by atoms with Gasteiger partial charge in [0.25, 0.3) is 0 Å². The smallest absolute Gasteiger partial charge is 0.338 e. The molecule has 1 aromatic rings. The van der Waals surface area contributed by atoms with E-state index >= 15 is 0 Å². The molecule has 3 heteroatoms. The third-order valence-corrected chi connectivity index (χ3v) is 12.6. The number of fused-ring (bicyclic) bond motifs is 4. The molecule has 0 N–H and O–H groups in total. The van der Waals surface area contributed by atoms with Crippen molar-refractivity contribution < 1.29 is 14.3 Å². The van der Waals surface area contributed by atoms with E-state index in [1.807, 2.05) is 30.3 Å². The SMILES string of the molecule is CC(C)CCC[C@@H](C)[C@H]1CC[C@H]2[C@@H]3CC[C@]45O[C@H]4[C@@H](OC(=O)c4ccccc4)CC[C@]5(C)[C@H]3CC[C@]12C. The van der Waals surface area contributed by atoms with Gasteiger partial charge in [0, 0.05) is 5.41 Å². The summed E-state index contributed by atoms with van der Waals surface area (Å²) in [5.41, 5.74) is 1.36. The van der Waals surface area contributed by atoms with E-state index in [1.54, 1.807) is 0 Å². The highest BCUT2D eigenvalue weighted by Gasteiger charge is 2.77. The molecular formula is C34H50O3. The first kappa shape index (κ1) is 25.9. The minimum absolute atomic E-state index is 0.0517. The molecule has 1 heterocycles. The zero-order valence-electron chi connectivity index (χ0n) is 24.0. The molecule has 37 heavy (non-hydrogen) atoms. The summed E-state index contributed by atoms with van der Waals surface area (Å²) in [4.78, 5) is 12.8. The van der Waals surface area contributed by atoms with Gasteiger partial charge in [-0.15, -0.1) is 0 Å². The lowest BCUT2D eigenvalue weighted by atomic mass is 9.44. The maximum Gasteiger partial charge on any atom is 0.338 e. The zero-order chi connectivity index (χ0) is 26.0. The highest BCUT2D eigenvalue weighted by atomic mass is 16.6. The summed E-state index contributed by atoms with van der Waals surface area (Å²) in [6, 6.07) is 9.45. The Hall–Kier alpha value is -1.35. The van der Waals surface area contributed by atoms with Crippen LogP contribution < -0.4 is 0 Å². The summed E-state index contributed by atoms with van der Waals surface area (Å²) < 4.78 is 12.7. The molecule has 1 saturated heterocycles. The first-order valence-electron chi connectivity index (χ1n) is 15.6. The lowest BCUT2D eigenvalue weighted by Crippen LogP contribution is -2.59. The number of ether oxygens (including phenoxy) is 2. The molecule has 0 bridgehead atoms. The van der Waals surface area contributed by atoms with Crippen molar-refractivity contribution in [1.82, 2.24) is 0 Å². The molecule has 0 radical (unpaired) electrons. The predicted octanol–water partition coefficient (Wildman–Crippen LogP) is 8.46. The average Bonchev–Trinajstić information content (AvgIpc) is 3.52. The van der Waals surface area contributed by atoms with Gasteiger partial charge in [0.1, 0.15) is 17.8 Å². The van der Waals surface area contributed by atoms with Gasteiger partial charge in [-0.1, -0.05) is 72.1 Å². The Kier molecular flexibility index (Phi) is 6.57. The van der Waals surface area contributed by atoms with Crippen LogP contribution in [0.25, 0.3) is 0 Å². The van der Waals surface area contributed by atoms with Crippen LogP contribution in [0.3, 0.4) is 0 Å². The number of hydrogen-bond acceptors (Lipinski definition) is 3. The third kappa shape index (κ3) is 4.04. The number of rotatable bonds is 7. The minimum atomic E-state index is -0.193. The Morgan fingerprint density at radius 3 is 2.49 bits per heavy atom. The highest BCUT2D eigenvalue weighted by Crippen LogP contribution is 2.73. The van der Waals surface area contributed by atoms with Crippen molar-refractivity contribution in [2.24, 2.45) is 46.3 Å². The molecule has 6 rings (SSSR count). The van der Waals surface area contributed by atoms with Gasteiger partial charge in [0.15, 0.2) is 0 Å². The molecule has 1 aliphatic heterocycles. The summed E-state index contributed by atoms with van der Waals surface area (Å²) >= 11 is 0. The number of epoxide rings is 1. The summed E-state index contributed by atoms with van der Waals surface area (Å²) in [5, 5.41) is 0. The van der Waals surface area contributed by atoms with Crippen LogP contribution >= 0.6 is 0 Å². The number of carbonyl (C=O) groups is 1. The van der Waals surface area contributed by atoms with Crippen LogP contribution in [0, 0.1) is 46.3 Å².